The first-order valence-corrected chi connectivity index (χ1v) is 12.3. The van der Waals surface area contributed by atoms with Gasteiger partial charge in [-0.1, -0.05) is 32.9 Å². The number of hydrogen-bond acceptors (Lipinski definition) is 4. The van der Waals surface area contributed by atoms with E-state index in [4.69, 9.17) is 4.43 Å². The summed E-state index contributed by atoms with van der Waals surface area (Å²) < 4.78 is 11.1. The van der Waals surface area contributed by atoms with E-state index in [9.17, 15) is 14.7 Å². The van der Waals surface area contributed by atoms with E-state index in [-0.39, 0.29) is 23.2 Å². The lowest BCUT2D eigenvalue weighted by molar-refractivity contribution is -0.140. The van der Waals surface area contributed by atoms with Crippen molar-refractivity contribution in [1.82, 2.24) is 4.90 Å². The van der Waals surface area contributed by atoms with Gasteiger partial charge in [0.25, 0.3) is 0 Å². The van der Waals surface area contributed by atoms with Gasteiger partial charge >= 0.3 is 12.1 Å². The molecule has 7 heteroatoms. The van der Waals surface area contributed by atoms with Gasteiger partial charge in [-0.05, 0) is 43.8 Å². The maximum Gasteiger partial charge on any atom is 0.407 e. The summed E-state index contributed by atoms with van der Waals surface area (Å²) in [5.74, 6) is -0.200. The number of allylic oxidation sites excluding steroid dienone is 1. The van der Waals surface area contributed by atoms with Crippen molar-refractivity contribution < 1.29 is 23.9 Å². The molecule has 0 aromatic rings. The van der Waals surface area contributed by atoms with Crippen molar-refractivity contribution in [2.45, 2.75) is 83.2 Å². The third-order valence-corrected chi connectivity index (χ3v) is 10.0. The summed E-state index contributed by atoms with van der Waals surface area (Å²) in [6.45, 7) is 11.5. The van der Waals surface area contributed by atoms with Crippen LogP contribution in [0.2, 0.25) is 18.1 Å². The summed E-state index contributed by atoms with van der Waals surface area (Å²) in [6, 6.07) is -0.140. The Morgan fingerprint density at radius 3 is 2.46 bits per heavy atom. The molecule has 26 heavy (non-hydrogen) atoms. The SMILES string of the molecule is COC(=O)CCCC=CC[C@@H]1C(O[Si](C)(C)C(C)(C)C)CCN1C(=O)O. The van der Waals surface area contributed by atoms with Gasteiger partial charge in [0.1, 0.15) is 0 Å². The average Bonchev–Trinajstić information content (AvgIpc) is 2.91. The average molecular weight is 386 g/mol. The highest BCUT2D eigenvalue weighted by Crippen LogP contribution is 2.39. The molecule has 0 aromatic heterocycles. The van der Waals surface area contributed by atoms with Crippen LogP contribution in [0.15, 0.2) is 12.2 Å². The Balaban J connectivity index is 2.66. The number of ether oxygens (including phenoxy) is 1. The van der Waals surface area contributed by atoms with Crippen LogP contribution in [0.25, 0.3) is 0 Å². The van der Waals surface area contributed by atoms with Crippen molar-refractivity contribution in [3.05, 3.63) is 12.2 Å². The van der Waals surface area contributed by atoms with E-state index in [2.05, 4.69) is 38.6 Å². The first-order valence-electron chi connectivity index (χ1n) is 9.39. The summed E-state index contributed by atoms with van der Waals surface area (Å²) in [5.41, 5.74) is 0. The Kier molecular flexibility index (Phi) is 8.34. The molecule has 1 aliphatic rings. The molecular formula is C19H35NO5Si. The smallest absolute Gasteiger partial charge is 0.407 e. The molecule has 1 fully saturated rings. The number of unbranched alkanes of at least 4 members (excludes halogenated alkanes) is 1. The van der Waals surface area contributed by atoms with Crippen LogP contribution < -0.4 is 0 Å². The fraction of sp³-hybridized carbons (Fsp3) is 0.789. The van der Waals surface area contributed by atoms with Gasteiger partial charge in [0.2, 0.25) is 0 Å². The Morgan fingerprint density at radius 2 is 1.92 bits per heavy atom. The number of likely N-dealkylation sites (tertiary alicyclic amines) is 1. The predicted octanol–water partition coefficient (Wildman–Crippen LogP) is 4.42. The maximum atomic E-state index is 11.6. The summed E-state index contributed by atoms with van der Waals surface area (Å²) in [7, 11) is -0.558. The minimum atomic E-state index is -1.95. The van der Waals surface area contributed by atoms with E-state index in [0.29, 0.717) is 19.4 Å². The predicted molar refractivity (Wildman–Crippen MR) is 105 cm³/mol. The molecule has 1 heterocycles. The van der Waals surface area contributed by atoms with Gasteiger partial charge in [-0.15, -0.1) is 0 Å². The third-order valence-electron chi connectivity index (χ3n) is 5.51. The van der Waals surface area contributed by atoms with Gasteiger partial charge in [-0.3, -0.25) is 4.79 Å². The molecule has 1 unspecified atom stereocenters. The summed E-state index contributed by atoms with van der Waals surface area (Å²) in [4.78, 5) is 24.2. The molecule has 1 aliphatic heterocycles. The maximum absolute atomic E-state index is 11.6. The van der Waals surface area contributed by atoms with Crippen molar-refractivity contribution in [3.8, 4) is 0 Å². The van der Waals surface area contributed by atoms with Crippen molar-refractivity contribution in [2.75, 3.05) is 13.7 Å². The molecule has 1 N–H and O–H groups in total. The Hall–Kier alpha value is -1.34. The van der Waals surface area contributed by atoms with Crippen LogP contribution >= 0.6 is 0 Å². The van der Waals surface area contributed by atoms with Crippen LogP contribution in [0.3, 0.4) is 0 Å². The minimum Gasteiger partial charge on any atom is -0.469 e. The molecule has 0 aliphatic carbocycles. The zero-order valence-corrected chi connectivity index (χ0v) is 18.1. The zero-order chi connectivity index (χ0) is 20.0. The van der Waals surface area contributed by atoms with Gasteiger partial charge in [0, 0.05) is 13.0 Å². The van der Waals surface area contributed by atoms with Crippen molar-refractivity contribution in [3.63, 3.8) is 0 Å². The normalized spacial score (nSPS) is 21.4. The van der Waals surface area contributed by atoms with Gasteiger partial charge < -0.3 is 19.2 Å². The van der Waals surface area contributed by atoms with E-state index in [0.717, 1.165) is 19.3 Å². The molecule has 1 saturated heterocycles. The fourth-order valence-electron chi connectivity index (χ4n) is 2.85. The van der Waals surface area contributed by atoms with Gasteiger partial charge in [0.05, 0.1) is 19.3 Å². The standard InChI is InChI=1S/C19H35NO5Si/c1-19(2,3)26(5,6)25-16-13-14-20(18(22)23)15(16)11-9-7-8-10-12-17(21)24-4/h7,9,15-16H,8,10-14H2,1-6H3,(H,22,23)/t15-,16?/m1/s1. The molecule has 0 radical (unpaired) electrons. The van der Waals surface area contributed by atoms with E-state index >= 15 is 0 Å². The number of methoxy groups -OCH3 is 1. The third kappa shape index (κ3) is 6.43. The number of carboxylic acid groups (broad SMARTS) is 1. The van der Waals surface area contributed by atoms with Crippen LogP contribution in [0.5, 0.6) is 0 Å². The van der Waals surface area contributed by atoms with Crippen LogP contribution in [0.4, 0.5) is 4.79 Å². The van der Waals surface area contributed by atoms with E-state index in [1.165, 1.54) is 12.0 Å². The Labute approximate surface area is 158 Å². The topological polar surface area (TPSA) is 76.1 Å². The number of carbonyl (C=O) groups is 2. The van der Waals surface area contributed by atoms with Crippen LogP contribution in [-0.2, 0) is 14.0 Å². The second-order valence-corrected chi connectivity index (χ2v) is 13.2. The number of hydrogen-bond donors (Lipinski definition) is 1. The van der Waals surface area contributed by atoms with E-state index in [1.807, 2.05) is 12.2 Å². The molecule has 2 atom stereocenters. The van der Waals surface area contributed by atoms with Crippen molar-refractivity contribution in [2.24, 2.45) is 0 Å². The summed E-state index contributed by atoms with van der Waals surface area (Å²) >= 11 is 0. The van der Waals surface area contributed by atoms with Gasteiger partial charge in [-0.25, -0.2) is 4.79 Å². The van der Waals surface area contributed by atoms with Crippen molar-refractivity contribution >= 4 is 20.4 Å². The number of rotatable bonds is 8. The quantitative estimate of drug-likeness (QED) is 0.290. The summed E-state index contributed by atoms with van der Waals surface area (Å²) in [5, 5.41) is 9.59. The highest BCUT2D eigenvalue weighted by Gasteiger charge is 2.44. The van der Waals surface area contributed by atoms with Crippen LogP contribution in [0.1, 0.15) is 52.9 Å². The van der Waals surface area contributed by atoms with Gasteiger partial charge in [0.15, 0.2) is 8.32 Å². The number of esters is 1. The molecule has 0 saturated carbocycles. The minimum absolute atomic E-state index is 0.0493. The second kappa shape index (κ2) is 9.55. The van der Waals surface area contributed by atoms with Crippen LogP contribution in [0, 0.1) is 0 Å². The van der Waals surface area contributed by atoms with E-state index < -0.39 is 14.4 Å². The molecule has 1 amide bonds. The molecular weight excluding hydrogens is 350 g/mol. The highest BCUT2D eigenvalue weighted by atomic mass is 28.4. The number of nitrogens with zero attached hydrogens (tertiary/aromatic N) is 1. The lowest BCUT2D eigenvalue weighted by Gasteiger charge is -2.40. The molecule has 0 bridgehead atoms. The molecule has 150 valence electrons. The highest BCUT2D eigenvalue weighted by molar-refractivity contribution is 6.74. The summed E-state index contributed by atoms with van der Waals surface area (Å²) in [6.07, 6.45) is 6.42. The monoisotopic (exact) mass is 385 g/mol. The van der Waals surface area contributed by atoms with Crippen LogP contribution in [-0.4, -0.2) is 56.2 Å². The second-order valence-electron chi connectivity index (χ2n) is 8.42. The fourth-order valence-corrected chi connectivity index (χ4v) is 4.24. The number of carbonyl (C=O) groups excluding carboxylic acids is 1. The van der Waals surface area contributed by atoms with E-state index in [1.54, 1.807) is 0 Å². The zero-order valence-electron chi connectivity index (χ0n) is 17.1. The lowest BCUT2D eigenvalue weighted by Crippen LogP contribution is -2.48. The Bertz CT molecular complexity index is 513. The lowest BCUT2D eigenvalue weighted by atomic mass is 10.1. The first-order chi connectivity index (χ1) is 12.0. The van der Waals surface area contributed by atoms with Crippen molar-refractivity contribution in [1.29, 1.82) is 0 Å². The molecule has 0 spiro atoms. The first kappa shape index (κ1) is 22.7. The molecule has 0 aromatic carbocycles. The molecule has 1 rings (SSSR count). The number of amides is 1. The Morgan fingerprint density at radius 1 is 1.27 bits per heavy atom. The largest absolute Gasteiger partial charge is 0.469 e. The molecule has 6 nitrogen and oxygen atoms in total. The van der Waals surface area contributed by atoms with Gasteiger partial charge in [-0.2, -0.15) is 0 Å².